The molecule has 1 unspecified atom stereocenters. The number of benzene rings is 1. The number of nitrogens with one attached hydrogen (secondary N) is 1. The maximum Gasteiger partial charge on any atom is 0.257 e. The highest BCUT2D eigenvalue weighted by molar-refractivity contribution is 5.94. The maximum absolute atomic E-state index is 12.7. The summed E-state index contributed by atoms with van der Waals surface area (Å²) in [5.41, 5.74) is 2.81. The number of likely N-dealkylation sites (tertiary alicyclic amines) is 2. The van der Waals surface area contributed by atoms with E-state index in [2.05, 4.69) is 5.32 Å². The van der Waals surface area contributed by atoms with E-state index >= 15 is 0 Å². The topological polar surface area (TPSA) is 82.9 Å². The van der Waals surface area contributed by atoms with E-state index in [4.69, 9.17) is 4.42 Å². The molecule has 2 fully saturated rings. The van der Waals surface area contributed by atoms with E-state index in [0.717, 1.165) is 5.56 Å². The predicted octanol–water partition coefficient (Wildman–Crippen LogP) is 2.36. The molecule has 7 heteroatoms. The number of rotatable bonds is 5. The van der Waals surface area contributed by atoms with E-state index in [0.29, 0.717) is 44.6 Å². The molecule has 0 saturated carbocycles. The SMILES string of the molecule is Cc1ccc(CN2CC(C(=O)NC3CCN(C(=O)c4ccoc4)CC3)CC2=O)cc1. The first-order valence-corrected chi connectivity index (χ1v) is 10.4. The van der Waals surface area contributed by atoms with E-state index in [9.17, 15) is 14.4 Å². The molecule has 0 spiro atoms. The van der Waals surface area contributed by atoms with Crippen LogP contribution in [0.1, 0.15) is 40.7 Å². The van der Waals surface area contributed by atoms with Gasteiger partial charge < -0.3 is 19.5 Å². The first-order valence-electron chi connectivity index (χ1n) is 10.4. The molecule has 1 atom stereocenters. The molecule has 1 N–H and O–H groups in total. The monoisotopic (exact) mass is 409 g/mol. The molecule has 1 aromatic carbocycles. The van der Waals surface area contributed by atoms with E-state index in [-0.39, 0.29) is 36.1 Å². The number of piperidine rings is 1. The van der Waals surface area contributed by atoms with Crippen molar-refractivity contribution in [1.29, 1.82) is 0 Å². The lowest BCUT2D eigenvalue weighted by Gasteiger charge is -2.32. The summed E-state index contributed by atoms with van der Waals surface area (Å²) in [7, 11) is 0. The molecule has 158 valence electrons. The molecule has 1 aromatic heterocycles. The second-order valence-electron chi connectivity index (χ2n) is 8.25. The third kappa shape index (κ3) is 4.56. The van der Waals surface area contributed by atoms with Crippen molar-refractivity contribution in [2.75, 3.05) is 19.6 Å². The zero-order valence-electron chi connectivity index (χ0n) is 17.2. The van der Waals surface area contributed by atoms with Crippen LogP contribution in [0, 0.1) is 12.8 Å². The van der Waals surface area contributed by atoms with Crippen molar-refractivity contribution >= 4 is 17.7 Å². The molecule has 30 heavy (non-hydrogen) atoms. The molecule has 2 aliphatic rings. The van der Waals surface area contributed by atoms with Crippen molar-refractivity contribution in [3.8, 4) is 0 Å². The van der Waals surface area contributed by atoms with Gasteiger partial charge in [0.15, 0.2) is 0 Å². The van der Waals surface area contributed by atoms with E-state index in [1.165, 1.54) is 18.1 Å². The van der Waals surface area contributed by atoms with Gasteiger partial charge in [0.1, 0.15) is 6.26 Å². The molecular formula is C23H27N3O4. The molecule has 2 aromatic rings. The van der Waals surface area contributed by atoms with Crippen molar-refractivity contribution < 1.29 is 18.8 Å². The Balaban J connectivity index is 1.25. The molecule has 2 aliphatic heterocycles. The Bertz CT molecular complexity index is 899. The van der Waals surface area contributed by atoms with Gasteiger partial charge in [-0.1, -0.05) is 29.8 Å². The molecule has 0 radical (unpaired) electrons. The second kappa shape index (κ2) is 8.73. The first-order chi connectivity index (χ1) is 14.5. The fourth-order valence-corrected chi connectivity index (χ4v) is 4.13. The summed E-state index contributed by atoms with van der Waals surface area (Å²) >= 11 is 0. The lowest BCUT2D eigenvalue weighted by Crippen LogP contribution is -2.48. The number of carbonyl (C=O) groups excluding carboxylic acids is 3. The van der Waals surface area contributed by atoms with Crippen LogP contribution < -0.4 is 5.32 Å². The van der Waals surface area contributed by atoms with Crippen LogP contribution in [-0.2, 0) is 16.1 Å². The fraction of sp³-hybridized carbons (Fsp3) is 0.435. The minimum atomic E-state index is -0.312. The number of nitrogens with zero attached hydrogens (tertiary/aromatic N) is 2. The summed E-state index contributed by atoms with van der Waals surface area (Å²) in [6.07, 6.45) is 4.63. The number of amides is 3. The number of furan rings is 1. The standard InChI is InChI=1S/C23H27N3O4/c1-16-2-4-17(5-3-16)13-26-14-19(12-21(26)27)22(28)24-20-6-9-25(10-7-20)23(29)18-8-11-30-15-18/h2-5,8,11,15,19-20H,6-7,9-10,12-14H2,1H3,(H,24,28). The largest absolute Gasteiger partial charge is 0.472 e. The Morgan fingerprint density at radius 3 is 2.53 bits per heavy atom. The van der Waals surface area contributed by atoms with E-state index in [1.807, 2.05) is 31.2 Å². The summed E-state index contributed by atoms with van der Waals surface area (Å²) in [4.78, 5) is 41.0. The molecule has 3 heterocycles. The Morgan fingerprint density at radius 1 is 1.13 bits per heavy atom. The Morgan fingerprint density at radius 2 is 1.87 bits per heavy atom. The van der Waals surface area contributed by atoms with Crippen LogP contribution in [-0.4, -0.2) is 53.2 Å². The zero-order valence-corrected chi connectivity index (χ0v) is 17.2. The number of carbonyl (C=O) groups is 3. The average Bonchev–Trinajstić information content (AvgIpc) is 3.40. The van der Waals surface area contributed by atoms with Crippen LogP contribution in [0.2, 0.25) is 0 Å². The molecular weight excluding hydrogens is 382 g/mol. The molecule has 2 saturated heterocycles. The van der Waals surface area contributed by atoms with Crippen molar-refractivity contribution in [1.82, 2.24) is 15.1 Å². The summed E-state index contributed by atoms with van der Waals surface area (Å²) in [6.45, 7) is 4.22. The van der Waals surface area contributed by atoms with E-state index < -0.39 is 0 Å². The highest BCUT2D eigenvalue weighted by Gasteiger charge is 2.35. The van der Waals surface area contributed by atoms with Gasteiger partial charge in [0, 0.05) is 38.6 Å². The zero-order chi connectivity index (χ0) is 21.1. The van der Waals surface area contributed by atoms with Crippen molar-refractivity contribution in [2.45, 2.75) is 38.8 Å². The average molecular weight is 409 g/mol. The van der Waals surface area contributed by atoms with Gasteiger partial charge in [0.05, 0.1) is 17.7 Å². The van der Waals surface area contributed by atoms with Crippen LogP contribution in [0.25, 0.3) is 0 Å². The quantitative estimate of drug-likeness (QED) is 0.822. The third-order valence-corrected chi connectivity index (χ3v) is 5.98. The Labute approximate surface area is 176 Å². The normalized spacial score (nSPS) is 19.9. The molecule has 4 rings (SSSR count). The molecule has 0 aliphatic carbocycles. The molecule has 3 amide bonds. The third-order valence-electron chi connectivity index (χ3n) is 5.98. The summed E-state index contributed by atoms with van der Waals surface area (Å²) in [5.74, 6) is -0.388. The van der Waals surface area contributed by atoms with Gasteiger partial charge in [-0.2, -0.15) is 0 Å². The molecule has 0 bridgehead atoms. The van der Waals surface area contributed by atoms with Crippen LogP contribution in [0.4, 0.5) is 0 Å². The minimum absolute atomic E-state index is 0.0243. The fourth-order valence-electron chi connectivity index (χ4n) is 4.13. The van der Waals surface area contributed by atoms with Gasteiger partial charge in [0.2, 0.25) is 11.8 Å². The van der Waals surface area contributed by atoms with Gasteiger partial charge in [-0.15, -0.1) is 0 Å². The highest BCUT2D eigenvalue weighted by Crippen LogP contribution is 2.22. The second-order valence-corrected chi connectivity index (χ2v) is 8.25. The van der Waals surface area contributed by atoms with Crippen LogP contribution in [0.15, 0.2) is 47.3 Å². The van der Waals surface area contributed by atoms with Crippen LogP contribution >= 0.6 is 0 Å². The smallest absolute Gasteiger partial charge is 0.257 e. The Hall–Kier alpha value is -3.09. The molecule has 7 nitrogen and oxygen atoms in total. The predicted molar refractivity (Wildman–Crippen MR) is 110 cm³/mol. The number of hydrogen-bond donors (Lipinski definition) is 1. The number of aryl methyl sites for hydroxylation is 1. The summed E-state index contributed by atoms with van der Waals surface area (Å²) in [5, 5.41) is 3.09. The Kier molecular flexibility index (Phi) is 5.88. The van der Waals surface area contributed by atoms with Gasteiger partial charge in [-0.3, -0.25) is 14.4 Å². The van der Waals surface area contributed by atoms with Crippen LogP contribution in [0.3, 0.4) is 0 Å². The lowest BCUT2D eigenvalue weighted by atomic mass is 10.0. The lowest BCUT2D eigenvalue weighted by molar-refractivity contribution is -0.129. The maximum atomic E-state index is 12.7. The minimum Gasteiger partial charge on any atom is -0.472 e. The van der Waals surface area contributed by atoms with E-state index in [1.54, 1.807) is 15.9 Å². The van der Waals surface area contributed by atoms with Crippen molar-refractivity contribution in [3.05, 3.63) is 59.5 Å². The van der Waals surface area contributed by atoms with Gasteiger partial charge in [-0.25, -0.2) is 0 Å². The highest BCUT2D eigenvalue weighted by atomic mass is 16.3. The van der Waals surface area contributed by atoms with Gasteiger partial charge >= 0.3 is 0 Å². The number of hydrogen-bond acceptors (Lipinski definition) is 4. The first kappa shape index (κ1) is 20.2. The van der Waals surface area contributed by atoms with Gasteiger partial charge in [0.25, 0.3) is 5.91 Å². The van der Waals surface area contributed by atoms with Gasteiger partial charge in [-0.05, 0) is 31.4 Å². The van der Waals surface area contributed by atoms with Crippen molar-refractivity contribution in [2.24, 2.45) is 5.92 Å². The van der Waals surface area contributed by atoms with Crippen LogP contribution in [0.5, 0.6) is 0 Å². The van der Waals surface area contributed by atoms with Crippen molar-refractivity contribution in [3.63, 3.8) is 0 Å². The summed E-state index contributed by atoms with van der Waals surface area (Å²) in [6, 6.07) is 9.80. The summed E-state index contributed by atoms with van der Waals surface area (Å²) < 4.78 is 4.98.